The molecule has 0 aliphatic heterocycles. The van der Waals surface area contributed by atoms with E-state index < -0.39 is 24.5 Å². The Labute approximate surface area is 218 Å². The Morgan fingerprint density at radius 3 is 2.55 bits per heavy atom. The zero-order valence-electron chi connectivity index (χ0n) is 19.7. The van der Waals surface area contributed by atoms with Gasteiger partial charge in [0, 0.05) is 34.7 Å². The molecule has 3 heterocycles. The molecule has 1 saturated carbocycles. The molecule has 1 N–H and O–H groups in total. The highest BCUT2D eigenvalue weighted by molar-refractivity contribution is 6.30. The van der Waals surface area contributed by atoms with Gasteiger partial charge in [-0.15, -0.1) is 10.2 Å². The number of aliphatic hydroxyl groups excluding tert-OH is 1. The third-order valence-electron chi connectivity index (χ3n) is 6.07. The van der Waals surface area contributed by atoms with Crippen LogP contribution in [0.1, 0.15) is 24.2 Å². The van der Waals surface area contributed by atoms with E-state index in [2.05, 4.69) is 20.2 Å². The fourth-order valence-electron chi connectivity index (χ4n) is 3.92. The second-order valence-corrected chi connectivity index (χ2v) is 9.38. The van der Waals surface area contributed by atoms with Gasteiger partial charge in [-0.25, -0.2) is 24.1 Å². The van der Waals surface area contributed by atoms with Crippen LogP contribution >= 0.6 is 11.6 Å². The molecule has 0 radical (unpaired) electrons. The van der Waals surface area contributed by atoms with Gasteiger partial charge in [0.1, 0.15) is 18.7 Å². The van der Waals surface area contributed by atoms with Crippen LogP contribution in [0.2, 0.25) is 5.02 Å². The summed E-state index contributed by atoms with van der Waals surface area (Å²) in [6.07, 6.45) is -2.79. The average molecular weight is 548 g/mol. The molecule has 4 aromatic rings. The monoisotopic (exact) mass is 547 g/mol. The molecule has 1 aliphatic rings. The van der Waals surface area contributed by atoms with Crippen molar-refractivity contribution in [2.24, 2.45) is 5.92 Å². The lowest BCUT2D eigenvalue weighted by Gasteiger charge is -2.15. The Morgan fingerprint density at radius 2 is 1.87 bits per heavy atom. The molecule has 3 aromatic heterocycles. The summed E-state index contributed by atoms with van der Waals surface area (Å²) in [6, 6.07) is 9.52. The normalized spacial score (nSPS) is 14.6. The van der Waals surface area contributed by atoms with E-state index in [1.54, 1.807) is 18.3 Å². The standard InChI is InChI=1S/C24H21ClF3N7O3/c25-17-7-5-15(6-8-17)22-32-34(23(38)33(22)11-19(37)24(26,27)28)12-20-30-13-35(31-20)21-16(2-1-9-29-21)10-18(36)14-3-4-14/h1-2,5-9,13-14,19,37H,3-4,10-12H2/t19-/m0/s1. The van der Waals surface area contributed by atoms with Crippen molar-refractivity contribution in [2.45, 2.75) is 44.6 Å². The number of alkyl halides is 3. The number of aliphatic hydroxyl groups is 1. The maximum Gasteiger partial charge on any atom is 0.416 e. The minimum absolute atomic E-state index is 0.0833. The van der Waals surface area contributed by atoms with Gasteiger partial charge in [-0.1, -0.05) is 17.7 Å². The number of ketones is 1. The highest BCUT2D eigenvalue weighted by atomic mass is 35.5. The van der Waals surface area contributed by atoms with Crippen LogP contribution in [0.3, 0.4) is 0 Å². The predicted molar refractivity (Wildman–Crippen MR) is 129 cm³/mol. The topological polar surface area (TPSA) is 121 Å². The van der Waals surface area contributed by atoms with Gasteiger partial charge in [-0.3, -0.25) is 9.36 Å². The van der Waals surface area contributed by atoms with E-state index in [4.69, 9.17) is 11.6 Å². The first-order valence-electron chi connectivity index (χ1n) is 11.7. The number of rotatable bonds is 9. The molecule has 5 rings (SSSR count). The molecular formula is C24H21ClF3N7O3. The highest BCUT2D eigenvalue weighted by Crippen LogP contribution is 2.31. The number of benzene rings is 1. The van der Waals surface area contributed by atoms with Gasteiger partial charge in [-0.05, 0) is 43.2 Å². The van der Waals surface area contributed by atoms with Crippen LogP contribution in [0.25, 0.3) is 17.2 Å². The molecule has 0 saturated heterocycles. The summed E-state index contributed by atoms with van der Waals surface area (Å²) in [5, 5.41) is 18.6. The summed E-state index contributed by atoms with van der Waals surface area (Å²) in [7, 11) is 0. The average Bonchev–Trinajstić information content (AvgIpc) is 3.57. The minimum atomic E-state index is -4.93. The van der Waals surface area contributed by atoms with E-state index in [1.807, 2.05) is 0 Å². The molecule has 1 fully saturated rings. The van der Waals surface area contributed by atoms with Crippen LogP contribution in [0.15, 0.2) is 53.7 Å². The van der Waals surface area contributed by atoms with E-state index in [0.717, 1.165) is 22.1 Å². The molecule has 1 aliphatic carbocycles. The lowest BCUT2D eigenvalue weighted by Crippen LogP contribution is -2.37. The van der Waals surface area contributed by atoms with Gasteiger partial charge >= 0.3 is 11.9 Å². The van der Waals surface area contributed by atoms with Gasteiger partial charge < -0.3 is 5.11 Å². The Kier molecular flexibility index (Phi) is 6.88. The number of carbonyl (C=O) groups is 1. The second-order valence-electron chi connectivity index (χ2n) is 8.95. The zero-order chi connectivity index (χ0) is 27.0. The lowest BCUT2D eigenvalue weighted by atomic mass is 10.1. The first-order valence-corrected chi connectivity index (χ1v) is 12.0. The van der Waals surface area contributed by atoms with E-state index in [0.29, 0.717) is 22.0 Å². The van der Waals surface area contributed by atoms with Crippen LogP contribution in [-0.2, 0) is 24.3 Å². The van der Waals surface area contributed by atoms with Crippen molar-refractivity contribution in [3.05, 3.63) is 75.8 Å². The molecule has 0 spiro atoms. The maximum atomic E-state index is 13.1. The second kappa shape index (κ2) is 10.1. The highest BCUT2D eigenvalue weighted by Gasteiger charge is 2.39. The van der Waals surface area contributed by atoms with Crippen molar-refractivity contribution in [3.63, 3.8) is 0 Å². The zero-order valence-corrected chi connectivity index (χ0v) is 20.5. The first kappa shape index (κ1) is 25.8. The van der Waals surface area contributed by atoms with Crippen molar-refractivity contribution < 1.29 is 23.1 Å². The lowest BCUT2D eigenvalue weighted by molar-refractivity contribution is -0.207. The number of nitrogens with zero attached hydrogens (tertiary/aromatic N) is 7. The predicted octanol–water partition coefficient (Wildman–Crippen LogP) is 2.83. The van der Waals surface area contributed by atoms with Crippen molar-refractivity contribution in [2.75, 3.05) is 0 Å². The SMILES string of the molecule is O=C(Cc1cccnc1-n1cnc(Cn2nc(-c3ccc(Cl)cc3)n(C[C@H](O)C(F)(F)F)c2=O)n1)C1CC1. The number of carbonyl (C=O) groups excluding carboxylic acids is 1. The Hall–Kier alpha value is -3.84. The molecule has 0 unspecified atom stereocenters. The maximum absolute atomic E-state index is 13.1. The van der Waals surface area contributed by atoms with E-state index in [9.17, 15) is 27.9 Å². The van der Waals surface area contributed by atoms with E-state index in [-0.39, 0.29) is 36.3 Å². The molecular weight excluding hydrogens is 527 g/mol. The minimum Gasteiger partial charge on any atom is -0.382 e. The number of halogens is 4. The summed E-state index contributed by atoms with van der Waals surface area (Å²) >= 11 is 5.91. The molecule has 14 heteroatoms. The van der Waals surface area contributed by atoms with Crippen molar-refractivity contribution in [3.8, 4) is 17.2 Å². The largest absolute Gasteiger partial charge is 0.416 e. The Morgan fingerprint density at radius 1 is 1.13 bits per heavy atom. The third-order valence-corrected chi connectivity index (χ3v) is 6.32. The third kappa shape index (κ3) is 5.53. The molecule has 38 heavy (non-hydrogen) atoms. The van der Waals surface area contributed by atoms with E-state index >= 15 is 0 Å². The Balaban J connectivity index is 1.45. The quantitative estimate of drug-likeness (QED) is 0.342. The molecule has 0 amide bonds. The molecule has 198 valence electrons. The van der Waals surface area contributed by atoms with Gasteiger partial charge in [0.2, 0.25) is 0 Å². The Bertz CT molecular complexity index is 1520. The number of hydrogen-bond acceptors (Lipinski definition) is 7. The molecule has 1 atom stereocenters. The summed E-state index contributed by atoms with van der Waals surface area (Å²) in [5.74, 6) is 0.684. The van der Waals surface area contributed by atoms with Crippen LogP contribution in [0, 0.1) is 5.92 Å². The summed E-state index contributed by atoms with van der Waals surface area (Å²) in [6.45, 7) is -1.31. The van der Waals surface area contributed by atoms with Crippen LogP contribution in [0.5, 0.6) is 0 Å². The van der Waals surface area contributed by atoms with E-state index in [1.165, 1.54) is 35.3 Å². The number of hydrogen-bond donors (Lipinski definition) is 1. The number of pyridine rings is 1. The first-order chi connectivity index (χ1) is 18.1. The van der Waals surface area contributed by atoms with Crippen molar-refractivity contribution >= 4 is 17.4 Å². The van der Waals surface area contributed by atoms with Gasteiger partial charge in [-0.2, -0.15) is 13.2 Å². The summed E-state index contributed by atoms with van der Waals surface area (Å²) in [5.41, 5.74) is 0.119. The molecule has 10 nitrogen and oxygen atoms in total. The molecule has 1 aromatic carbocycles. The smallest absolute Gasteiger partial charge is 0.382 e. The summed E-state index contributed by atoms with van der Waals surface area (Å²) in [4.78, 5) is 33.9. The fraction of sp³-hybridized carbons (Fsp3) is 0.333. The van der Waals surface area contributed by atoms with Crippen LogP contribution < -0.4 is 5.69 Å². The fourth-order valence-corrected chi connectivity index (χ4v) is 4.04. The summed E-state index contributed by atoms with van der Waals surface area (Å²) < 4.78 is 42.3. The van der Waals surface area contributed by atoms with Crippen LogP contribution in [-0.4, -0.2) is 57.3 Å². The van der Waals surface area contributed by atoms with Gasteiger partial charge in [0.05, 0.1) is 6.54 Å². The van der Waals surface area contributed by atoms with Crippen molar-refractivity contribution in [1.29, 1.82) is 0 Å². The molecule has 0 bridgehead atoms. The number of aromatic nitrogens is 7. The number of Topliss-reactive ketones (excluding diaryl/α,β-unsaturated/α-hetero) is 1. The van der Waals surface area contributed by atoms with Crippen LogP contribution in [0.4, 0.5) is 13.2 Å². The van der Waals surface area contributed by atoms with Gasteiger partial charge in [0.25, 0.3) is 0 Å². The van der Waals surface area contributed by atoms with Crippen molar-refractivity contribution in [1.82, 2.24) is 34.1 Å². The van der Waals surface area contributed by atoms with Gasteiger partial charge in [0.15, 0.2) is 23.6 Å².